The van der Waals surface area contributed by atoms with Crippen LogP contribution in [0.2, 0.25) is 0 Å². The molecule has 1 saturated heterocycles. The van der Waals surface area contributed by atoms with E-state index in [4.69, 9.17) is 5.73 Å². The highest BCUT2D eigenvalue weighted by Crippen LogP contribution is 2.27. The first-order valence-electron chi connectivity index (χ1n) is 7.02. The van der Waals surface area contributed by atoms with E-state index < -0.39 is 5.69 Å². The number of carbonyl (C=O) groups is 1. The topological polar surface area (TPSA) is 90.3 Å². The summed E-state index contributed by atoms with van der Waals surface area (Å²) < 4.78 is 2.24. The Morgan fingerprint density at radius 3 is 2.71 bits per heavy atom. The number of hydrogen-bond donors (Lipinski definition) is 1. The Balaban J connectivity index is 2.14. The van der Waals surface area contributed by atoms with E-state index in [1.54, 1.807) is 4.90 Å². The summed E-state index contributed by atoms with van der Waals surface area (Å²) in [7, 11) is 1.40. The van der Waals surface area contributed by atoms with Crippen LogP contribution in [0.25, 0.3) is 0 Å². The highest BCUT2D eigenvalue weighted by molar-refractivity contribution is 5.76. The minimum absolute atomic E-state index is 0.0573. The van der Waals surface area contributed by atoms with E-state index in [0.29, 0.717) is 13.1 Å². The summed E-state index contributed by atoms with van der Waals surface area (Å²) in [5.41, 5.74) is 5.06. The van der Waals surface area contributed by atoms with Gasteiger partial charge in [-0.2, -0.15) is 0 Å². The van der Waals surface area contributed by atoms with E-state index >= 15 is 0 Å². The lowest BCUT2D eigenvalue weighted by molar-refractivity contribution is -0.135. The molecule has 1 aliphatic rings. The van der Waals surface area contributed by atoms with Crippen LogP contribution < -0.4 is 17.0 Å². The normalized spacial score (nSPS) is 21.3. The van der Waals surface area contributed by atoms with E-state index in [9.17, 15) is 14.4 Å². The van der Waals surface area contributed by atoms with Crippen LogP contribution in [0.4, 0.5) is 0 Å². The van der Waals surface area contributed by atoms with Crippen LogP contribution >= 0.6 is 0 Å². The Kier molecular flexibility index (Phi) is 4.04. The molecule has 1 aromatic heterocycles. The largest absolute Gasteiger partial charge is 0.340 e. The maximum Gasteiger partial charge on any atom is 0.331 e. The predicted molar refractivity (Wildman–Crippen MR) is 78.9 cm³/mol. The smallest absolute Gasteiger partial charge is 0.331 e. The number of nitrogens with zero attached hydrogens (tertiary/aromatic N) is 3. The molecule has 1 aromatic rings. The number of amides is 1. The van der Waals surface area contributed by atoms with Crippen molar-refractivity contribution in [1.29, 1.82) is 0 Å². The van der Waals surface area contributed by atoms with Crippen molar-refractivity contribution in [3.63, 3.8) is 0 Å². The van der Waals surface area contributed by atoms with E-state index in [1.807, 2.05) is 13.8 Å². The Morgan fingerprint density at radius 2 is 2.10 bits per heavy atom. The van der Waals surface area contributed by atoms with E-state index in [1.165, 1.54) is 23.9 Å². The molecular weight excluding hydrogens is 272 g/mol. The average Bonchev–Trinajstić information content (AvgIpc) is 2.42. The molecule has 2 N–H and O–H groups in total. The molecular formula is C14H22N4O3. The Hall–Kier alpha value is -1.89. The predicted octanol–water partition coefficient (Wildman–Crippen LogP) is -0.867. The van der Waals surface area contributed by atoms with Gasteiger partial charge in [0.25, 0.3) is 5.56 Å². The second-order valence-corrected chi connectivity index (χ2v) is 6.32. The molecule has 0 saturated carbocycles. The fourth-order valence-corrected chi connectivity index (χ4v) is 2.57. The Morgan fingerprint density at radius 1 is 1.43 bits per heavy atom. The molecule has 116 valence electrons. The second kappa shape index (κ2) is 5.48. The van der Waals surface area contributed by atoms with Crippen molar-refractivity contribution >= 4 is 5.91 Å². The summed E-state index contributed by atoms with van der Waals surface area (Å²) >= 11 is 0. The van der Waals surface area contributed by atoms with E-state index in [-0.39, 0.29) is 29.5 Å². The van der Waals surface area contributed by atoms with Crippen LogP contribution in [0.3, 0.4) is 0 Å². The lowest BCUT2D eigenvalue weighted by Crippen LogP contribution is -2.55. The molecule has 7 heteroatoms. The monoisotopic (exact) mass is 294 g/mol. The number of rotatable bonds is 2. The molecule has 1 amide bonds. The summed E-state index contributed by atoms with van der Waals surface area (Å²) in [4.78, 5) is 37.3. The van der Waals surface area contributed by atoms with Crippen LogP contribution in [0.15, 0.2) is 21.9 Å². The molecule has 1 atom stereocenters. The van der Waals surface area contributed by atoms with Gasteiger partial charge in [0.15, 0.2) is 0 Å². The molecule has 0 spiro atoms. The van der Waals surface area contributed by atoms with Crippen molar-refractivity contribution in [1.82, 2.24) is 14.0 Å². The van der Waals surface area contributed by atoms with Gasteiger partial charge in [0.2, 0.25) is 5.91 Å². The SMILES string of the molecule is Cn1c(=O)ccn(CC(=O)N2CCC(N)C(C)(C)C2)c1=O. The van der Waals surface area contributed by atoms with E-state index in [0.717, 1.165) is 11.0 Å². The van der Waals surface area contributed by atoms with Crippen molar-refractivity contribution in [2.24, 2.45) is 18.2 Å². The summed E-state index contributed by atoms with van der Waals surface area (Å²) in [5, 5.41) is 0. The highest BCUT2D eigenvalue weighted by atomic mass is 16.2. The van der Waals surface area contributed by atoms with Gasteiger partial charge in [-0.3, -0.25) is 18.7 Å². The van der Waals surface area contributed by atoms with Gasteiger partial charge in [0.05, 0.1) is 0 Å². The summed E-state index contributed by atoms with van der Waals surface area (Å²) in [6.07, 6.45) is 2.12. The molecule has 7 nitrogen and oxygen atoms in total. The zero-order valence-electron chi connectivity index (χ0n) is 12.7. The fraction of sp³-hybridized carbons (Fsp3) is 0.643. The number of carbonyl (C=O) groups excluding carboxylic acids is 1. The van der Waals surface area contributed by atoms with Gasteiger partial charge < -0.3 is 10.6 Å². The second-order valence-electron chi connectivity index (χ2n) is 6.32. The van der Waals surface area contributed by atoms with Crippen molar-refractivity contribution in [3.05, 3.63) is 33.1 Å². The maximum atomic E-state index is 12.3. The van der Waals surface area contributed by atoms with E-state index in [2.05, 4.69) is 0 Å². The van der Waals surface area contributed by atoms with Crippen LogP contribution in [0.5, 0.6) is 0 Å². The van der Waals surface area contributed by atoms with Crippen molar-refractivity contribution in [2.75, 3.05) is 13.1 Å². The van der Waals surface area contributed by atoms with Crippen molar-refractivity contribution in [2.45, 2.75) is 32.9 Å². The molecule has 1 fully saturated rings. The first-order chi connectivity index (χ1) is 9.72. The number of aromatic nitrogens is 2. The molecule has 1 aliphatic heterocycles. The van der Waals surface area contributed by atoms with Gasteiger partial charge in [0, 0.05) is 38.4 Å². The molecule has 1 unspecified atom stereocenters. The van der Waals surface area contributed by atoms with Gasteiger partial charge >= 0.3 is 5.69 Å². The minimum Gasteiger partial charge on any atom is -0.340 e. The Bertz CT molecular complexity index is 659. The molecule has 2 heterocycles. The van der Waals surface area contributed by atoms with Crippen LogP contribution in [0.1, 0.15) is 20.3 Å². The third-order valence-electron chi connectivity index (χ3n) is 4.23. The minimum atomic E-state index is -0.483. The summed E-state index contributed by atoms with van der Waals surface area (Å²) in [6.45, 7) is 5.20. The van der Waals surface area contributed by atoms with Gasteiger partial charge in [-0.15, -0.1) is 0 Å². The summed E-state index contributed by atoms with van der Waals surface area (Å²) in [5.74, 6) is -0.129. The van der Waals surface area contributed by atoms with Gasteiger partial charge in [0.1, 0.15) is 6.54 Å². The number of likely N-dealkylation sites (tertiary alicyclic amines) is 1. The van der Waals surface area contributed by atoms with Crippen molar-refractivity contribution in [3.8, 4) is 0 Å². The molecule has 0 aromatic carbocycles. The first kappa shape index (κ1) is 15.5. The number of nitrogens with two attached hydrogens (primary N) is 1. The molecule has 0 radical (unpaired) electrons. The Labute approximate surface area is 123 Å². The molecule has 2 rings (SSSR count). The molecule has 0 aliphatic carbocycles. The lowest BCUT2D eigenvalue weighted by Gasteiger charge is -2.42. The highest BCUT2D eigenvalue weighted by Gasteiger charge is 2.35. The van der Waals surface area contributed by atoms with Crippen LogP contribution in [0, 0.1) is 5.41 Å². The van der Waals surface area contributed by atoms with Crippen molar-refractivity contribution < 1.29 is 4.79 Å². The van der Waals surface area contributed by atoms with Gasteiger partial charge in [-0.25, -0.2) is 4.79 Å². The van der Waals surface area contributed by atoms with Crippen LogP contribution in [-0.4, -0.2) is 39.1 Å². The average molecular weight is 294 g/mol. The quantitative estimate of drug-likeness (QED) is 0.768. The third kappa shape index (κ3) is 3.07. The zero-order chi connectivity index (χ0) is 15.8. The standard InChI is InChI=1S/C14H22N4O3/c1-14(2)9-18(6-4-10(14)15)12(20)8-17-7-5-11(19)16(3)13(17)21/h5,7,10H,4,6,8-9,15H2,1-3H3. The third-order valence-corrected chi connectivity index (χ3v) is 4.23. The fourth-order valence-electron chi connectivity index (χ4n) is 2.57. The van der Waals surface area contributed by atoms with Gasteiger partial charge in [-0.1, -0.05) is 13.8 Å². The summed E-state index contributed by atoms with van der Waals surface area (Å²) in [6, 6.07) is 1.35. The zero-order valence-corrected chi connectivity index (χ0v) is 12.7. The van der Waals surface area contributed by atoms with Crippen LogP contribution in [-0.2, 0) is 18.4 Å². The number of piperidine rings is 1. The lowest BCUT2D eigenvalue weighted by atomic mass is 9.79. The molecule has 21 heavy (non-hydrogen) atoms. The first-order valence-corrected chi connectivity index (χ1v) is 7.02. The molecule has 0 bridgehead atoms. The number of hydrogen-bond acceptors (Lipinski definition) is 4. The van der Waals surface area contributed by atoms with Gasteiger partial charge in [-0.05, 0) is 11.8 Å². The maximum absolute atomic E-state index is 12.3.